The van der Waals surface area contributed by atoms with E-state index in [1.807, 2.05) is 31.2 Å². The van der Waals surface area contributed by atoms with Crippen LogP contribution in [0.1, 0.15) is 30.6 Å². The third kappa shape index (κ3) is 4.58. The summed E-state index contributed by atoms with van der Waals surface area (Å²) in [7, 11) is -1.33. The van der Waals surface area contributed by atoms with E-state index in [9.17, 15) is 8.42 Å². The molecule has 136 valence electrons. The second kappa shape index (κ2) is 7.53. The van der Waals surface area contributed by atoms with Gasteiger partial charge >= 0.3 is 0 Å². The Kier molecular flexibility index (Phi) is 5.39. The Morgan fingerprint density at radius 2 is 2.04 bits per heavy atom. The summed E-state index contributed by atoms with van der Waals surface area (Å²) in [5, 5.41) is 3.93. The summed E-state index contributed by atoms with van der Waals surface area (Å²) in [5.74, 6) is 2.40. The van der Waals surface area contributed by atoms with Crippen molar-refractivity contribution in [2.24, 2.45) is 0 Å². The summed E-state index contributed by atoms with van der Waals surface area (Å²) in [4.78, 5) is 6.47. The molecule has 1 aliphatic heterocycles. The largest absolute Gasteiger partial charge is 0.497 e. The van der Waals surface area contributed by atoms with Crippen molar-refractivity contribution in [1.82, 2.24) is 15.0 Å². The fourth-order valence-corrected chi connectivity index (χ4v) is 4.78. The van der Waals surface area contributed by atoms with E-state index in [0.717, 1.165) is 11.3 Å². The van der Waals surface area contributed by atoms with E-state index in [1.165, 1.54) is 0 Å². The third-order valence-corrected chi connectivity index (χ3v) is 6.18. The van der Waals surface area contributed by atoms with Crippen molar-refractivity contribution in [1.29, 1.82) is 0 Å². The van der Waals surface area contributed by atoms with Gasteiger partial charge in [-0.1, -0.05) is 24.2 Å². The Balaban J connectivity index is 1.77. The molecule has 1 unspecified atom stereocenters. The van der Waals surface area contributed by atoms with Gasteiger partial charge in [-0.15, -0.1) is 0 Å². The maximum atomic E-state index is 11.9. The molecule has 7 nitrogen and oxygen atoms in total. The number of benzene rings is 1. The van der Waals surface area contributed by atoms with Crippen molar-refractivity contribution < 1.29 is 17.7 Å². The van der Waals surface area contributed by atoms with E-state index in [2.05, 4.69) is 15.0 Å². The lowest BCUT2D eigenvalue weighted by Gasteiger charge is -2.26. The van der Waals surface area contributed by atoms with Gasteiger partial charge in [0.25, 0.3) is 0 Å². The highest BCUT2D eigenvalue weighted by Gasteiger charge is 2.33. The number of nitrogens with zero attached hydrogens (tertiary/aromatic N) is 3. The number of hydrogen-bond donors (Lipinski definition) is 0. The van der Waals surface area contributed by atoms with E-state index in [-0.39, 0.29) is 17.5 Å². The van der Waals surface area contributed by atoms with E-state index < -0.39 is 9.84 Å². The van der Waals surface area contributed by atoms with Crippen LogP contribution in [0.25, 0.3) is 0 Å². The number of rotatable bonds is 7. The first-order valence-corrected chi connectivity index (χ1v) is 10.2. The second-order valence-electron chi connectivity index (χ2n) is 6.27. The van der Waals surface area contributed by atoms with E-state index in [1.54, 1.807) is 7.11 Å². The second-order valence-corrected chi connectivity index (χ2v) is 8.50. The Bertz CT molecular complexity index is 802. The third-order valence-electron chi connectivity index (χ3n) is 4.43. The van der Waals surface area contributed by atoms with Gasteiger partial charge in [0, 0.05) is 19.0 Å². The summed E-state index contributed by atoms with van der Waals surface area (Å²) < 4.78 is 34.3. The quantitative estimate of drug-likeness (QED) is 0.740. The molecule has 0 bridgehead atoms. The van der Waals surface area contributed by atoms with Crippen molar-refractivity contribution in [2.45, 2.75) is 38.9 Å². The van der Waals surface area contributed by atoms with Crippen LogP contribution in [0.3, 0.4) is 0 Å². The lowest BCUT2D eigenvalue weighted by Crippen LogP contribution is -2.35. The standard InChI is InChI=1S/C17H23N3O4S/c1-3-16-18-17(24-19-16)11-20(14-8-9-25(21,22)12-14)10-13-4-6-15(23-2)7-5-13/h4-7,14H,3,8-12H2,1-2H3. The fourth-order valence-electron chi connectivity index (χ4n) is 3.01. The normalized spacial score (nSPS) is 19.4. The molecular weight excluding hydrogens is 342 g/mol. The highest BCUT2D eigenvalue weighted by molar-refractivity contribution is 7.91. The zero-order chi connectivity index (χ0) is 17.9. The molecule has 0 amide bonds. The molecule has 0 aliphatic carbocycles. The maximum Gasteiger partial charge on any atom is 0.240 e. The van der Waals surface area contributed by atoms with Gasteiger partial charge in [-0.3, -0.25) is 4.90 Å². The van der Waals surface area contributed by atoms with Gasteiger partial charge in [-0.05, 0) is 24.1 Å². The minimum absolute atomic E-state index is 0.0379. The minimum Gasteiger partial charge on any atom is -0.497 e. The lowest BCUT2D eigenvalue weighted by atomic mass is 10.1. The van der Waals surface area contributed by atoms with Gasteiger partial charge in [0.1, 0.15) is 5.75 Å². The first-order chi connectivity index (χ1) is 12.0. The Morgan fingerprint density at radius 3 is 2.60 bits per heavy atom. The fraction of sp³-hybridized carbons (Fsp3) is 0.529. The highest BCUT2D eigenvalue weighted by Crippen LogP contribution is 2.23. The average Bonchev–Trinajstić information content (AvgIpc) is 3.20. The molecule has 3 rings (SSSR count). The van der Waals surface area contributed by atoms with E-state index in [4.69, 9.17) is 9.26 Å². The number of sulfone groups is 1. The summed E-state index contributed by atoms with van der Waals surface area (Å²) in [6, 6.07) is 7.74. The zero-order valence-electron chi connectivity index (χ0n) is 14.5. The van der Waals surface area contributed by atoms with Crippen molar-refractivity contribution in [3.05, 3.63) is 41.5 Å². The van der Waals surface area contributed by atoms with Gasteiger partial charge in [0.15, 0.2) is 15.7 Å². The van der Waals surface area contributed by atoms with Crippen LogP contribution in [0.4, 0.5) is 0 Å². The van der Waals surface area contributed by atoms with Crippen LogP contribution in [0, 0.1) is 0 Å². The molecular formula is C17H23N3O4S. The van der Waals surface area contributed by atoms with Crippen LogP contribution in [-0.2, 0) is 29.3 Å². The Hall–Kier alpha value is -1.93. The van der Waals surface area contributed by atoms with Crippen molar-refractivity contribution in [3.63, 3.8) is 0 Å². The first kappa shape index (κ1) is 17.9. The molecule has 0 spiro atoms. The van der Waals surface area contributed by atoms with Crippen LogP contribution >= 0.6 is 0 Å². The number of ether oxygens (including phenoxy) is 1. The molecule has 1 aliphatic rings. The number of methoxy groups -OCH3 is 1. The summed E-state index contributed by atoms with van der Waals surface area (Å²) in [5.41, 5.74) is 1.08. The highest BCUT2D eigenvalue weighted by atomic mass is 32.2. The number of hydrogen-bond acceptors (Lipinski definition) is 7. The topological polar surface area (TPSA) is 85.5 Å². The monoisotopic (exact) mass is 365 g/mol. The van der Waals surface area contributed by atoms with E-state index >= 15 is 0 Å². The SMILES string of the molecule is CCc1noc(CN(Cc2ccc(OC)cc2)C2CCS(=O)(=O)C2)n1. The van der Waals surface area contributed by atoms with Crippen LogP contribution in [-0.4, -0.2) is 48.1 Å². The Labute approximate surface area is 147 Å². The van der Waals surface area contributed by atoms with Gasteiger partial charge in [-0.25, -0.2) is 8.42 Å². The molecule has 25 heavy (non-hydrogen) atoms. The van der Waals surface area contributed by atoms with Crippen molar-refractivity contribution >= 4 is 9.84 Å². The molecule has 1 saturated heterocycles. The van der Waals surface area contributed by atoms with Crippen LogP contribution in [0.5, 0.6) is 5.75 Å². The van der Waals surface area contributed by atoms with Crippen LogP contribution < -0.4 is 4.74 Å². The molecule has 1 atom stereocenters. The predicted octanol–water partition coefficient (Wildman–Crippen LogP) is 1.83. The van der Waals surface area contributed by atoms with Gasteiger partial charge in [0.2, 0.25) is 5.89 Å². The molecule has 1 fully saturated rings. The van der Waals surface area contributed by atoms with Gasteiger partial charge in [-0.2, -0.15) is 4.98 Å². The molecule has 0 N–H and O–H groups in total. The first-order valence-electron chi connectivity index (χ1n) is 8.38. The minimum atomic E-state index is -2.96. The number of aryl methyl sites for hydroxylation is 1. The maximum absolute atomic E-state index is 11.9. The Morgan fingerprint density at radius 1 is 1.28 bits per heavy atom. The predicted molar refractivity (Wildman–Crippen MR) is 93.0 cm³/mol. The molecule has 1 aromatic heterocycles. The van der Waals surface area contributed by atoms with Gasteiger partial charge < -0.3 is 9.26 Å². The van der Waals surface area contributed by atoms with Crippen molar-refractivity contribution in [3.8, 4) is 5.75 Å². The summed E-state index contributed by atoms with van der Waals surface area (Å²) in [6.07, 6.45) is 1.34. The molecule has 0 saturated carbocycles. The average molecular weight is 365 g/mol. The molecule has 2 aromatic rings. The molecule has 2 heterocycles. The van der Waals surface area contributed by atoms with Crippen molar-refractivity contribution in [2.75, 3.05) is 18.6 Å². The summed E-state index contributed by atoms with van der Waals surface area (Å²) in [6.45, 7) is 3.03. The van der Waals surface area contributed by atoms with E-state index in [0.29, 0.717) is 37.6 Å². The molecule has 1 aromatic carbocycles. The molecule has 0 radical (unpaired) electrons. The smallest absolute Gasteiger partial charge is 0.240 e. The lowest BCUT2D eigenvalue weighted by molar-refractivity contribution is 0.169. The zero-order valence-corrected chi connectivity index (χ0v) is 15.3. The van der Waals surface area contributed by atoms with Gasteiger partial charge in [0.05, 0.1) is 25.2 Å². The van der Waals surface area contributed by atoms with Crippen LogP contribution in [0.2, 0.25) is 0 Å². The molecule has 8 heteroatoms. The number of aromatic nitrogens is 2. The van der Waals surface area contributed by atoms with Crippen LogP contribution in [0.15, 0.2) is 28.8 Å². The summed E-state index contributed by atoms with van der Waals surface area (Å²) >= 11 is 0.